The molecule has 3 saturated heterocycles. The predicted octanol–water partition coefficient (Wildman–Crippen LogP) is 5.69. The number of nitrogens with zero attached hydrogens (tertiary/aromatic N) is 5. The van der Waals surface area contributed by atoms with Gasteiger partial charge in [0, 0.05) is 23.9 Å². The molecule has 10 atom stereocenters. The molecule has 0 saturated carbocycles. The van der Waals surface area contributed by atoms with E-state index in [-0.39, 0.29) is 33.4 Å². The highest BCUT2D eigenvalue weighted by Gasteiger charge is 2.55. The molecule has 4 aromatic heterocycles. The van der Waals surface area contributed by atoms with Crippen LogP contribution in [0.5, 0.6) is 0 Å². The van der Waals surface area contributed by atoms with Gasteiger partial charge in [-0.3, -0.25) is 23.2 Å². The monoisotopic (exact) mass is 903 g/mol. The number of benzene rings is 1. The second kappa shape index (κ2) is 16.0. The first-order valence-corrected chi connectivity index (χ1v) is 26.3. The van der Waals surface area contributed by atoms with Gasteiger partial charge in [0.2, 0.25) is 0 Å². The first-order chi connectivity index (χ1) is 28.2. The van der Waals surface area contributed by atoms with Gasteiger partial charge in [0.25, 0.3) is 11.5 Å². The maximum Gasteiger partial charge on any atom is 0.472 e. The summed E-state index contributed by atoms with van der Waals surface area (Å²) in [6, 6.07) is 12.0. The van der Waals surface area contributed by atoms with Crippen molar-refractivity contribution in [1.82, 2.24) is 29.1 Å². The lowest BCUT2D eigenvalue weighted by molar-refractivity contribution is -0.0632. The minimum Gasteiger partial charge on any atom is -0.408 e. The first-order valence-electron chi connectivity index (χ1n) is 19.3. The number of aryl methyl sites for hydroxylation is 1. The van der Waals surface area contributed by atoms with Gasteiger partial charge >= 0.3 is 14.5 Å². The largest absolute Gasteiger partial charge is 0.472 e. The summed E-state index contributed by atoms with van der Waals surface area (Å²) < 4.78 is 61.1. The van der Waals surface area contributed by atoms with E-state index in [1.807, 2.05) is 39.9 Å². The van der Waals surface area contributed by atoms with Gasteiger partial charge < -0.3 is 47.6 Å². The predicted molar refractivity (Wildman–Crippen MR) is 224 cm³/mol. The first kappa shape index (κ1) is 43.1. The summed E-state index contributed by atoms with van der Waals surface area (Å²) in [7, 11) is -7.57. The molecule has 0 radical (unpaired) electrons. The molecule has 2 bridgehead atoms. The Labute approximate surface area is 350 Å². The third-order valence-electron chi connectivity index (χ3n) is 11.5. The van der Waals surface area contributed by atoms with Crippen molar-refractivity contribution in [2.75, 3.05) is 18.5 Å². The van der Waals surface area contributed by atoms with Gasteiger partial charge in [0.05, 0.1) is 24.0 Å². The number of carbonyl (C=O) groups excluding carboxylic acids is 1. The smallest absolute Gasteiger partial charge is 0.408 e. The maximum atomic E-state index is 13.9. The molecule has 19 nitrogen and oxygen atoms in total. The van der Waals surface area contributed by atoms with Crippen LogP contribution in [0.1, 0.15) is 56.3 Å². The van der Waals surface area contributed by atoms with Gasteiger partial charge in [-0.1, -0.05) is 45.9 Å². The van der Waals surface area contributed by atoms with Crippen molar-refractivity contribution >= 4 is 68.5 Å². The number of amides is 1. The lowest BCUT2D eigenvalue weighted by Crippen LogP contribution is -2.50. The second-order valence-corrected chi connectivity index (χ2v) is 25.6. The molecule has 322 valence electrons. The van der Waals surface area contributed by atoms with Crippen molar-refractivity contribution in [3.8, 4) is 0 Å². The van der Waals surface area contributed by atoms with Crippen LogP contribution in [-0.2, 0) is 48.4 Å². The molecule has 1 aromatic carbocycles. The summed E-state index contributed by atoms with van der Waals surface area (Å²) in [6.07, 6.45) is -2.87. The fourth-order valence-electron chi connectivity index (χ4n) is 7.44. The number of phosphoric acid groups is 1. The van der Waals surface area contributed by atoms with E-state index in [4.69, 9.17) is 43.8 Å². The number of rotatable bonds is 6. The van der Waals surface area contributed by atoms with E-state index < -0.39 is 85.0 Å². The third-order valence-corrected chi connectivity index (χ3v) is 18.5. The molecular weight excluding hydrogens is 857 g/mol. The summed E-state index contributed by atoms with van der Waals surface area (Å²) in [5.74, 6) is -0.392. The van der Waals surface area contributed by atoms with Gasteiger partial charge in [0.1, 0.15) is 66.0 Å². The molecule has 3 aliphatic rings. The van der Waals surface area contributed by atoms with E-state index in [1.165, 1.54) is 6.33 Å². The average Bonchev–Trinajstić information content (AvgIpc) is 3.94. The number of ether oxygens (including phenoxy) is 2. The number of aromatic nitrogens is 6. The average molecular weight is 904 g/mol. The highest BCUT2D eigenvalue weighted by atomic mass is 32.5. The zero-order chi connectivity index (χ0) is 42.9. The van der Waals surface area contributed by atoms with E-state index in [9.17, 15) is 23.9 Å². The van der Waals surface area contributed by atoms with Crippen molar-refractivity contribution in [2.45, 2.75) is 95.7 Å². The van der Waals surface area contributed by atoms with Crippen LogP contribution in [0.25, 0.3) is 22.1 Å². The Kier molecular flexibility index (Phi) is 11.5. The van der Waals surface area contributed by atoms with Crippen molar-refractivity contribution in [3.05, 3.63) is 82.9 Å². The van der Waals surface area contributed by atoms with E-state index in [2.05, 4.69) is 25.3 Å². The Balaban J connectivity index is 1.12. The van der Waals surface area contributed by atoms with Crippen LogP contribution in [0.3, 0.4) is 0 Å². The lowest BCUT2D eigenvalue weighted by Gasteiger charge is -2.40. The summed E-state index contributed by atoms with van der Waals surface area (Å²) in [4.78, 5) is 65.0. The fraction of sp³-hybridized carbons (Fsp3) is 0.486. The van der Waals surface area contributed by atoms with Crippen molar-refractivity contribution in [3.63, 3.8) is 0 Å². The Bertz CT molecular complexity index is 2590. The molecule has 7 heterocycles. The number of fused-ring (bicyclic) bond motifs is 5. The number of H-pyrrole nitrogens is 1. The number of anilines is 1. The van der Waals surface area contributed by atoms with Gasteiger partial charge in [-0.2, -0.15) is 0 Å². The van der Waals surface area contributed by atoms with E-state index in [0.29, 0.717) is 22.4 Å². The normalized spacial score (nSPS) is 31.7. The number of nitrogens with one attached hydrogen (secondary N) is 2. The Hall–Kier alpha value is -3.53. The van der Waals surface area contributed by atoms with Crippen LogP contribution in [0.2, 0.25) is 18.1 Å². The van der Waals surface area contributed by atoms with Crippen molar-refractivity contribution < 1.29 is 51.1 Å². The SMILES string of the molecule is Cc1nc2c(ccn2[C@@H]2O[C@@H]3COP(=O)(O)O[C@@H]4C(C)[C@H](n5ccc6c(NC(=O)c7ccccc7)ncnc65)O[C@@H]4COP(O)(=S)O[C@H]2C3O[Si](C)(C)C(C)(C)C)c(=O)[nH]1. The summed E-state index contributed by atoms with van der Waals surface area (Å²) in [5.41, 5.74) is 0.739. The standard InChI is InChI=1S/C37H47N7O12P2SSi/c1-20-27-25(52-35(20)43-15-13-23-30(38-19-39-31(23)43)42-33(45)22-11-9-8-10-12-22)18-51-58(49,59)55-29-28(56-60(6,7)37(3,4)5)26(17-50-57(47,48)54-27)53-36(29)44-16-14-24-32(44)40-21(2)41-34(24)46/h8-16,19-20,25-29,35-36H,17-18H2,1-7H3,(H,47,48)(H,49,59)(H,40,41,46)(H,38,39,42,45)/t20?,25-,26-,27-,28?,29+,35-,36-,58?/m1/s1. The summed E-state index contributed by atoms with van der Waals surface area (Å²) in [6.45, 7) is 8.42. The topological polar surface area (TPSA) is 233 Å². The maximum absolute atomic E-state index is 13.9. The lowest BCUT2D eigenvalue weighted by atomic mass is 10.0. The number of phosphoric ester groups is 1. The van der Waals surface area contributed by atoms with Crippen molar-refractivity contribution in [2.24, 2.45) is 5.92 Å². The second-order valence-electron chi connectivity index (χ2n) is 16.6. The molecule has 60 heavy (non-hydrogen) atoms. The van der Waals surface area contributed by atoms with Crippen LogP contribution in [0, 0.1) is 12.8 Å². The van der Waals surface area contributed by atoms with Crippen LogP contribution < -0.4 is 10.9 Å². The number of hydrogen-bond acceptors (Lipinski definition) is 14. The van der Waals surface area contributed by atoms with Gasteiger partial charge in [0.15, 0.2) is 14.5 Å². The summed E-state index contributed by atoms with van der Waals surface area (Å²) >= 11 is 5.65. The molecule has 8 rings (SSSR count). The zero-order valence-corrected chi connectivity index (χ0v) is 37.4. The highest BCUT2D eigenvalue weighted by molar-refractivity contribution is 8.07. The minimum absolute atomic E-state index is 0.266. The van der Waals surface area contributed by atoms with Crippen LogP contribution in [0.15, 0.2) is 66.0 Å². The molecular formula is C37H47N7O12P2SSi. The van der Waals surface area contributed by atoms with Crippen LogP contribution in [0.4, 0.5) is 5.82 Å². The summed E-state index contributed by atoms with van der Waals surface area (Å²) in [5, 5.41) is 3.31. The van der Waals surface area contributed by atoms with Crippen molar-refractivity contribution in [1.29, 1.82) is 0 Å². The quantitative estimate of drug-likeness (QED) is 0.118. The van der Waals surface area contributed by atoms with E-state index in [1.54, 1.807) is 71.8 Å². The Morgan fingerprint density at radius 2 is 1.62 bits per heavy atom. The van der Waals surface area contributed by atoms with Gasteiger partial charge in [-0.15, -0.1) is 0 Å². The minimum atomic E-state index is -4.90. The number of carbonyl (C=O) groups is 1. The molecule has 23 heteroatoms. The Morgan fingerprint density at radius 3 is 2.33 bits per heavy atom. The highest BCUT2D eigenvalue weighted by Crippen LogP contribution is 2.56. The molecule has 0 aliphatic carbocycles. The fourth-order valence-corrected chi connectivity index (χ4v) is 11.2. The zero-order valence-electron chi connectivity index (χ0n) is 33.8. The molecule has 4 unspecified atom stereocenters. The third kappa shape index (κ3) is 8.36. The number of aromatic amines is 1. The van der Waals surface area contributed by atoms with Gasteiger partial charge in [-0.25, -0.2) is 19.5 Å². The van der Waals surface area contributed by atoms with Crippen LogP contribution >= 0.6 is 14.5 Å². The molecule has 0 spiro atoms. The van der Waals surface area contributed by atoms with E-state index >= 15 is 0 Å². The Morgan fingerprint density at radius 1 is 0.950 bits per heavy atom. The molecule has 3 aliphatic heterocycles. The van der Waals surface area contributed by atoms with E-state index in [0.717, 1.165) is 0 Å². The molecule has 3 fully saturated rings. The molecule has 5 aromatic rings. The van der Waals surface area contributed by atoms with Crippen LogP contribution in [-0.4, -0.2) is 96.8 Å². The molecule has 1 amide bonds. The number of hydrogen-bond donors (Lipinski definition) is 4. The van der Waals surface area contributed by atoms with Gasteiger partial charge in [-0.05, 0) is 61.1 Å². The molecule has 4 N–H and O–H groups in total.